The number of fused-ring (bicyclic) bond motifs is 1. The topological polar surface area (TPSA) is 76.4 Å². The Balaban J connectivity index is 1.46. The van der Waals surface area contributed by atoms with Crippen LogP contribution in [-0.4, -0.2) is 22.6 Å². The van der Waals surface area contributed by atoms with Crippen molar-refractivity contribution >= 4 is 40.0 Å². The molecule has 34 heavy (non-hydrogen) atoms. The van der Waals surface area contributed by atoms with E-state index in [1.807, 2.05) is 56.3 Å². The van der Waals surface area contributed by atoms with Gasteiger partial charge in [-0.25, -0.2) is 4.98 Å². The highest BCUT2D eigenvalue weighted by Crippen LogP contribution is 2.28. The summed E-state index contributed by atoms with van der Waals surface area (Å²) < 4.78 is 11.6. The normalized spacial score (nSPS) is 11.0. The van der Waals surface area contributed by atoms with Gasteiger partial charge in [-0.15, -0.1) is 0 Å². The van der Waals surface area contributed by atoms with Crippen molar-refractivity contribution in [3.8, 4) is 17.2 Å². The number of carbonyl (C=O) groups excluding carboxylic acids is 1. The number of thiocarbonyl (C=S) groups is 1. The van der Waals surface area contributed by atoms with Crippen molar-refractivity contribution < 1.29 is 13.9 Å². The monoisotopic (exact) mass is 473 g/mol. The summed E-state index contributed by atoms with van der Waals surface area (Å²) in [7, 11) is 0. The van der Waals surface area contributed by atoms with E-state index in [-0.39, 0.29) is 11.0 Å². The molecule has 0 aliphatic heterocycles. The van der Waals surface area contributed by atoms with Crippen LogP contribution in [0.25, 0.3) is 22.6 Å². The summed E-state index contributed by atoms with van der Waals surface area (Å²) in [6.45, 7) is 8.71. The van der Waals surface area contributed by atoms with Gasteiger partial charge >= 0.3 is 0 Å². The molecule has 4 rings (SSSR count). The SMILES string of the molecule is Cc1ccc2oc(-c3ccc(C)c(NC(=S)NC(=O)c4cccc(OCC(C)C)c4)c3)nc2c1. The summed E-state index contributed by atoms with van der Waals surface area (Å²) in [5, 5.41) is 6.06. The zero-order valence-corrected chi connectivity index (χ0v) is 20.5. The predicted molar refractivity (Wildman–Crippen MR) is 139 cm³/mol. The van der Waals surface area contributed by atoms with E-state index < -0.39 is 0 Å². The van der Waals surface area contributed by atoms with Gasteiger partial charge in [-0.3, -0.25) is 10.1 Å². The van der Waals surface area contributed by atoms with Gasteiger partial charge in [0.1, 0.15) is 11.3 Å². The van der Waals surface area contributed by atoms with Crippen LogP contribution in [-0.2, 0) is 0 Å². The van der Waals surface area contributed by atoms with Crippen LogP contribution in [0.1, 0.15) is 35.3 Å². The van der Waals surface area contributed by atoms with Crippen molar-refractivity contribution in [3.05, 3.63) is 77.4 Å². The third kappa shape index (κ3) is 5.61. The van der Waals surface area contributed by atoms with Crippen LogP contribution < -0.4 is 15.4 Å². The van der Waals surface area contributed by atoms with Gasteiger partial charge in [0.25, 0.3) is 5.91 Å². The number of oxazole rings is 1. The Bertz CT molecular complexity index is 1360. The lowest BCUT2D eigenvalue weighted by Gasteiger charge is -2.13. The fraction of sp³-hybridized carbons (Fsp3) is 0.222. The molecule has 0 fully saturated rings. The number of carbonyl (C=O) groups is 1. The van der Waals surface area contributed by atoms with Crippen molar-refractivity contribution in [2.75, 3.05) is 11.9 Å². The molecule has 7 heteroatoms. The molecule has 1 heterocycles. The first kappa shape index (κ1) is 23.4. The van der Waals surface area contributed by atoms with Crippen molar-refractivity contribution in [1.29, 1.82) is 0 Å². The summed E-state index contributed by atoms with van der Waals surface area (Å²) in [6, 6.07) is 18.8. The molecule has 1 aromatic heterocycles. The molecule has 3 aromatic carbocycles. The van der Waals surface area contributed by atoms with Crippen LogP contribution in [0.2, 0.25) is 0 Å². The Kier molecular flexibility index (Phi) is 6.93. The average Bonchev–Trinajstić information content (AvgIpc) is 3.22. The second-order valence-electron chi connectivity index (χ2n) is 8.66. The third-order valence-electron chi connectivity index (χ3n) is 5.18. The smallest absolute Gasteiger partial charge is 0.257 e. The van der Waals surface area contributed by atoms with Crippen LogP contribution in [0.4, 0.5) is 5.69 Å². The lowest BCUT2D eigenvalue weighted by molar-refractivity contribution is 0.0977. The predicted octanol–water partition coefficient (Wildman–Crippen LogP) is 6.27. The Hall–Kier alpha value is -3.71. The maximum Gasteiger partial charge on any atom is 0.257 e. The van der Waals surface area contributed by atoms with Gasteiger partial charge < -0.3 is 14.5 Å². The lowest BCUT2D eigenvalue weighted by atomic mass is 10.1. The fourth-order valence-electron chi connectivity index (χ4n) is 3.37. The molecule has 0 spiro atoms. The fourth-order valence-corrected chi connectivity index (χ4v) is 3.57. The molecular formula is C27H27N3O3S. The van der Waals surface area contributed by atoms with E-state index in [4.69, 9.17) is 21.4 Å². The first-order valence-electron chi connectivity index (χ1n) is 11.1. The lowest BCUT2D eigenvalue weighted by Crippen LogP contribution is -2.34. The number of nitrogens with zero attached hydrogens (tertiary/aromatic N) is 1. The number of rotatable bonds is 6. The van der Waals surface area contributed by atoms with Crippen LogP contribution in [0.5, 0.6) is 5.75 Å². The molecule has 2 N–H and O–H groups in total. The zero-order valence-electron chi connectivity index (χ0n) is 19.6. The van der Waals surface area contributed by atoms with E-state index in [0.717, 1.165) is 33.5 Å². The molecule has 6 nitrogen and oxygen atoms in total. The highest BCUT2D eigenvalue weighted by Gasteiger charge is 2.13. The van der Waals surface area contributed by atoms with Gasteiger partial charge in [-0.1, -0.05) is 32.0 Å². The summed E-state index contributed by atoms with van der Waals surface area (Å²) >= 11 is 5.40. The number of hydrogen-bond donors (Lipinski definition) is 2. The highest BCUT2D eigenvalue weighted by molar-refractivity contribution is 7.80. The molecule has 1 amide bonds. The minimum atomic E-state index is -0.310. The summed E-state index contributed by atoms with van der Waals surface area (Å²) in [5.41, 5.74) is 5.68. The number of benzene rings is 3. The van der Waals surface area contributed by atoms with Crippen molar-refractivity contribution in [3.63, 3.8) is 0 Å². The molecule has 174 valence electrons. The molecule has 0 unspecified atom stereocenters. The molecule has 4 aromatic rings. The number of anilines is 1. The quantitative estimate of drug-likeness (QED) is 0.321. The van der Waals surface area contributed by atoms with Gasteiger partial charge in [0.2, 0.25) is 5.89 Å². The van der Waals surface area contributed by atoms with Gasteiger partial charge in [-0.05, 0) is 85.6 Å². The number of aryl methyl sites for hydroxylation is 2. The number of hydrogen-bond acceptors (Lipinski definition) is 5. The van der Waals surface area contributed by atoms with Gasteiger partial charge in [0.05, 0.1) is 6.61 Å². The van der Waals surface area contributed by atoms with E-state index in [1.54, 1.807) is 18.2 Å². The van der Waals surface area contributed by atoms with Crippen molar-refractivity contribution in [2.24, 2.45) is 5.92 Å². The molecule has 0 radical (unpaired) electrons. The van der Waals surface area contributed by atoms with E-state index in [1.165, 1.54) is 0 Å². The first-order chi connectivity index (χ1) is 16.3. The van der Waals surface area contributed by atoms with Crippen LogP contribution in [0, 0.1) is 19.8 Å². The zero-order chi connectivity index (χ0) is 24.2. The van der Waals surface area contributed by atoms with E-state index in [2.05, 4.69) is 29.5 Å². The van der Waals surface area contributed by atoms with Crippen molar-refractivity contribution in [1.82, 2.24) is 10.3 Å². The Morgan fingerprint density at radius 2 is 1.91 bits per heavy atom. The Morgan fingerprint density at radius 3 is 2.71 bits per heavy atom. The van der Waals surface area contributed by atoms with Crippen LogP contribution in [0.15, 0.2) is 65.1 Å². The molecule has 0 aliphatic carbocycles. The Labute approximate surface area is 204 Å². The summed E-state index contributed by atoms with van der Waals surface area (Å²) in [4.78, 5) is 17.3. The maximum atomic E-state index is 12.7. The van der Waals surface area contributed by atoms with Gasteiger partial charge in [-0.2, -0.15) is 0 Å². The van der Waals surface area contributed by atoms with Gasteiger partial charge in [0.15, 0.2) is 10.7 Å². The van der Waals surface area contributed by atoms with Crippen LogP contribution in [0.3, 0.4) is 0 Å². The maximum absolute atomic E-state index is 12.7. The van der Waals surface area contributed by atoms with Gasteiger partial charge in [0, 0.05) is 16.8 Å². The molecule has 0 saturated heterocycles. The second kappa shape index (κ2) is 10.1. The molecule has 0 bridgehead atoms. The van der Waals surface area contributed by atoms with E-state index in [0.29, 0.717) is 29.7 Å². The average molecular weight is 474 g/mol. The minimum Gasteiger partial charge on any atom is -0.493 e. The second-order valence-corrected chi connectivity index (χ2v) is 9.07. The highest BCUT2D eigenvalue weighted by atomic mass is 32.1. The van der Waals surface area contributed by atoms with E-state index >= 15 is 0 Å². The molecular weight excluding hydrogens is 446 g/mol. The molecule has 0 saturated carbocycles. The number of amides is 1. The standard InChI is InChI=1S/C27H27N3O3S/c1-16(2)15-32-21-7-5-6-19(13-21)25(31)30-27(34)29-22-14-20(10-9-18(22)4)26-28-23-12-17(3)8-11-24(23)33-26/h5-14,16H,15H2,1-4H3,(H2,29,30,31,34). The largest absolute Gasteiger partial charge is 0.493 e. The number of ether oxygens (including phenoxy) is 1. The first-order valence-corrected chi connectivity index (χ1v) is 11.5. The molecule has 0 aliphatic rings. The third-order valence-corrected chi connectivity index (χ3v) is 5.39. The summed E-state index contributed by atoms with van der Waals surface area (Å²) in [6.07, 6.45) is 0. The number of aromatic nitrogens is 1. The van der Waals surface area contributed by atoms with Crippen LogP contribution >= 0.6 is 12.2 Å². The molecule has 0 atom stereocenters. The van der Waals surface area contributed by atoms with E-state index in [9.17, 15) is 4.79 Å². The summed E-state index contributed by atoms with van der Waals surface area (Å²) in [5.74, 6) is 1.26. The van der Waals surface area contributed by atoms with Crippen molar-refractivity contribution in [2.45, 2.75) is 27.7 Å². The number of nitrogens with one attached hydrogen (secondary N) is 2. The Morgan fingerprint density at radius 1 is 1.09 bits per heavy atom. The minimum absolute atomic E-state index is 0.201.